The van der Waals surface area contributed by atoms with Crippen LogP contribution < -0.4 is 24.8 Å². The number of aryl methyl sites for hydroxylation is 3. The SMILES string of the molecule is Cc1cc[cH-]c1.[CH3-].[CH3-].[CH3-].[CH3-].[Cl-].[Cl-].[Si].[Si].[Zr].c1cc2cc3c(cc2[cH-]1)CCC3. The molecule has 27 heavy (non-hydrogen) atoms. The molecule has 0 heterocycles. The Labute approximate surface area is 209 Å². The monoisotopic (exact) mass is 510 g/mol. The Morgan fingerprint density at radius 3 is 1.81 bits per heavy atom. The van der Waals surface area contributed by atoms with Crippen LogP contribution >= 0.6 is 0 Å². The third-order valence-electron chi connectivity index (χ3n) is 3.68. The normalized spacial score (nSPS) is 8.78. The molecule has 4 rings (SSSR count). The van der Waals surface area contributed by atoms with E-state index in [1.807, 2.05) is 12.1 Å². The van der Waals surface area contributed by atoms with Crippen molar-refractivity contribution < 1.29 is 51.0 Å². The van der Waals surface area contributed by atoms with Crippen molar-refractivity contribution in [1.29, 1.82) is 0 Å². The average Bonchev–Trinajstić information content (AvgIpc) is 3.06. The zero-order valence-corrected chi connectivity index (χ0v) is 23.0. The fourth-order valence-corrected chi connectivity index (χ4v) is 2.68. The summed E-state index contributed by atoms with van der Waals surface area (Å²) < 4.78 is 0. The molecule has 152 valence electrons. The van der Waals surface area contributed by atoms with Gasteiger partial charge in [0.2, 0.25) is 0 Å². The Balaban J connectivity index is -0.0000000488. The molecule has 0 saturated heterocycles. The minimum atomic E-state index is 0. The Bertz CT molecular complexity index is 611. The van der Waals surface area contributed by atoms with Gasteiger partial charge in [-0.3, -0.25) is 0 Å². The number of rotatable bonds is 0. The number of fused-ring (bicyclic) bond motifs is 2. The molecular weight excluding hydrogens is 483 g/mol. The topological polar surface area (TPSA) is 0 Å². The van der Waals surface area contributed by atoms with Gasteiger partial charge in [0.15, 0.2) is 0 Å². The Morgan fingerprint density at radius 1 is 0.815 bits per heavy atom. The third kappa shape index (κ3) is 12.3. The summed E-state index contributed by atoms with van der Waals surface area (Å²) in [5, 5.41) is 2.83. The molecule has 0 spiro atoms. The quantitative estimate of drug-likeness (QED) is 0.289. The van der Waals surface area contributed by atoms with Crippen LogP contribution in [-0.4, -0.2) is 21.9 Å². The van der Waals surface area contributed by atoms with Crippen LogP contribution in [0.4, 0.5) is 0 Å². The first-order chi connectivity index (χ1) is 8.83. The summed E-state index contributed by atoms with van der Waals surface area (Å²) in [7, 11) is 0. The van der Waals surface area contributed by atoms with Crippen molar-refractivity contribution in [1.82, 2.24) is 0 Å². The molecule has 5 heteroatoms. The Hall–Kier alpha value is 0.0769. The zero-order chi connectivity index (χ0) is 12.4. The van der Waals surface area contributed by atoms with Gasteiger partial charge in [0.1, 0.15) is 0 Å². The van der Waals surface area contributed by atoms with Gasteiger partial charge in [0.25, 0.3) is 0 Å². The van der Waals surface area contributed by atoms with Crippen molar-refractivity contribution in [3.63, 3.8) is 0 Å². The minimum absolute atomic E-state index is 0. The second kappa shape index (κ2) is 22.4. The maximum Gasteiger partial charge on any atom is 0 e. The van der Waals surface area contributed by atoms with Crippen LogP contribution in [0.2, 0.25) is 0 Å². The summed E-state index contributed by atoms with van der Waals surface area (Å²) in [5.74, 6) is 0. The predicted octanol–water partition coefficient (Wildman–Crippen LogP) is -0.194. The molecule has 0 bridgehead atoms. The molecule has 1 aliphatic rings. The smallest absolute Gasteiger partial charge is 0 e. The van der Waals surface area contributed by atoms with Crippen molar-refractivity contribution >= 4 is 32.7 Å². The van der Waals surface area contributed by atoms with Crippen molar-refractivity contribution in [3.05, 3.63) is 101 Å². The van der Waals surface area contributed by atoms with E-state index in [1.54, 1.807) is 11.1 Å². The third-order valence-corrected chi connectivity index (χ3v) is 3.68. The minimum Gasteiger partial charge on any atom is -1.00 e. The second-order valence-electron chi connectivity index (χ2n) is 5.09. The summed E-state index contributed by atoms with van der Waals surface area (Å²) in [6.07, 6.45) is 3.93. The van der Waals surface area contributed by atoms with Crippen molar-refractivity contribution in [2.75, 3.05) is 0 Å². The second-order valence-corrected chi connectivity index (χ2v) is 5.09. The first-order valence-electron chi connectivity index (χ1n) is 6.68. The van der Waals surface area contributed by atoms with Gasteiger partial charge in [-0.25, -0.2) is 11.6 Å². The summed E-state index contributed by atoms with van der Waals surface area (Å²) >= 11 is 0. The summed E-state index contributed by atoms with van der Waals surface area (Å²) in [5.41, 5.74) is 4.50. The molecule has 3 aromatic carbocycles. The molecular formula is C22H30Cl2Si2Zr-8. The molecule has 0 saturated carbocycles. The average molecular weight is 513 g/mol. The van der Waals surface area contributed by atoms with Crippen LogP contribution in [0.25, 0.3) is 10.8 Å². The van der Waals surface area contributed by atoms with E-state index in [0.29, 0.717) is 0 Å². The van der Waals surface area contributed by atoms with Gasteiger partial charge in [-0.15, -0.1) is 29.0 Å². The van der Waals surface area contributed by atoms with E-state index in [4.69, 9.17) is 0 Å². The van der Waals surface area contributed by atoms with E-state index >= 15 is 0 Å². The maximum atomic E-state index is 2.36. The van der Waals surface area contributed by atoms with E-state index in [9.17, 15) is 0 Å². The number of hydrogen-bond acceptors (Lipinski definition) is 0. The van der Waals surface area contributed by atoms with Crippen LogP contribution in [-0.2, 0) is 39.0 Å². The van der Waals surface area contributed by atoms with Crippen molar-refractivity contribution in [2.24, 2.45) is 0 Å². The number of hydrogen-bond donors (Lipinski definition) is 0. The number of halogens is 2. The predicted molar refractivity (Wildman–Crippen MR) is 116 cm³/mol. The van der Waals surface area contributed by atoms with E-state index in [1.165, 1.54) is 35.6 Å². The van der Waals surface area contributed by atoms with Crippen LogP contribution in [0.15, 0.2) is 54.6 Å². The van der Waals surface area contributed by atoms with Gasteiger partial charge >= 0.3 is 0 Å². The van der Waals surface area contributed by atoms with Gasteiger partial charge in [-0.05, 0) is 19.3 Å². The molecule has 0 nitrogen and oxygen atoms in total. The van der Waals surface area contributed by atoms with Crippen molar-refractivity contribution in [2.45, 2.75) is 26.2 Å². The van der Waals surface area contributed by atoms with Crippen LogP contribution in [0, 0.1) is 36.6 Å². The van der Waals surface area contributed by atoms with E-state index < -0.39 is 0 Å². The Kier molecular flexibility index (Phi) is 37.8. The molecule has 0 unspecified atom stereocenters. The van der Waals surface area contributed by atoms with Crippen LogP contribution in [0.3, 0.4) is 0 Å². The van der Waals surface area contributed by atoms with E-state index in [-0.39, 0.29) is 103 Å². The Morgan fingerprint density at radius 2 is 1.37 bits per heavy atom. The van der Waals surface area contributed by atoms with Crippen LogP contribution in [0.5, 0.6) is 0 Å². The van der Waals surface area contributed by atoms with Gasteiger partial charge in [-0.2, -0.15) is 30.3 Å². The fraction of sp³-hybridized carbons (Fsp3) is 0.182. The van der Waals surface area contributed by atoms with Gasteiger partial charge in [0, 0.05) is 48.1 Å². The van der Waals surface area contributed by atoms with Gasteiger partial charge < -0.3 is 54.5 Å². The molecule has 0 aromatic heterocycles. The molecule has 3 aromatic rings. The summed E-state index contributed by atoms with van der Waals surface area (Å²) in [6, 6.07) is 19.5. The molecule has 0 aliphatic heterocycles. The molecule has 0 amide bonds. The number of benzene rings is 1. The van der Waals surface area contributed by atoms with Crippen molar-refractivity contribution in [3.8, 4) is 0 Å². The molecule has 0 atom stereocenters. The molecule has 1 aliphatic carbocycles. The molecule has 8 radical (unpaired) electrons. The zero-order valence-electron chi connectivity index (χ0n) is 17.1. The van der Waals surface area contributed by atoms with Crippen LogP contribution in [0.1, 0.15) is 23.1 Å². The van der Waals surface area contributed by atoms with E-state index in [2.05, 4.69) is 49.4 Å². The molecule has 0 fully saturated rings. The summed E-state index contributed by atoms with van der Waals surface area (Å²) in [4.78, 5) is 0. The largest absolute Gasteiger partial charge is 1.00 e. The van der Waals surface area contributed by atoms with Gasteiger partial charge in [-0.1, -0.05) is 18.1 Å². The summed E-state index contributed by atoms with van der Waals surface area (Å²) in [6.45, 7) is 2.08. The standard InChI is InChI=1S/C12H11.C6H7.4CH3.2ClH.2Si.Zr/c1-3-9-7-11-5-2-6-12(11)8-10(9)4-1;1-6-4-2-3-5-6;;;;;;;;;/h1,3-4,7-8H,2,5-6H2;2-5H,1H3;4*1H3;2*1H;;;/q6*-1;;;;;/p-2. The molecule has 0 N–H and O–H groups in total. The maximum absolute atomic E-state index is 2.36. The van der Waals surface area contributed by atoms with Gasteiger partial charge in [0.05, 0.1) is 0 Å². The van der Waals surface area contributed by atoms with E-state index in [0.717, 1.165) is 0 Å². The first kappa shape index (κ1) is 45.7. The first-order valence-corrected chi connectivity index (χ1v) is 6.68. The fourth-order valence-electron chi connectivity index (χ4n) is 2.68.